The molecule has 0 bridgehead atoms. The molecule has 0 aliphatic carbocycles. The van der Waals surface area contributed by atoms with Gasteiger partial charge in [-0.3, -0.25) is 4.79 Å². The lowest BCUT2D eigenvalue weighted by molar-refractivity contribution is 0.0675. The molecule has 2 saturated heterocycles. The van der Waals surface area contributed by atoms with Crippen molar-refractivity contribution in [1.29, 1.82) is 0 Å². The van der Waals surface area contributed by atoms with Gasteiger partial charge in [0.15, 0.2) is 0 Å². The lowest BCUT2D eigenvalue weighted by Crippen LogP contribution is -2.44. The minimum Gasteiger partial charge on any atom is -0.338 e. The Morgan fingerprint density at radius 2 is 1.74 bits per heavy atom. The third kappa shape index (κ3) is 5.77. The summed E-state index contributed by atoms with van der Waals surface area (Å²) < 4.78 is 27.3. The van der Waals surface area contributed by atoms with E-state index in [4.69, 9.17) is 0 Å². The standard InChI is InChI=1S/C25H32N4O4S/c1-19-9-11-22(12-10-19)27-25(31)26-17-20-6-5-13-28(18-20)24(30)21-7-4-8-23(16-21)34(32,33)29-14-2-3-15-29/h4,7-12,16,20H,2-3,5-6,13-15,17-18H2,1H3,(H2,26,27,31). The molecule has 2 aliphatic heterocycles. The second-order valence-electron chi connectivity index (χ2n) is 9.10. The Kier molecular flexibility index (Phi) is 7.53. The van der Waals surface area contributed by atoms with Gasteiger partial charge in [-0.25, -0.2) is 13.2 Å². The number of sulfonamides is 1. The van der Waals surface area contributed by atoms with E-state index in [1.807, 2.05) is 31.2 Å². The molecule has 34 heavy (non-hydrogen) atoms. The van der Waals surface area contributed by atoms with Gasteiger partial charge >= 0.3 is 6.03 Å². The van der Waals surface area contributed by atoms with Gasteiger partial charge in [-0.2, -0.15) is 4.31 Å². The molecule has 0 aromatic heterocycles. The van der Waals surface area contributed by atoms with Crippen LogP contribution in [0.4, 0.5) is 10.5 Å². The summed E-state index contributed by atoms with van der Waals surface area (Å²) in [6, 6.07) is 13.7. The van der Waals surface area contributed by atoms with Crippen LogP contribution in [0.5, 0.6) is 0 Å². The fourth-order valence-electron chi connectivity index (χ4n) is 4.52. The Bertz CT molecular complexity index is 1130. The van der Waals surface area contributed by atoms with Gasteiger partial charge < -0.3 is 15.5 Å². The Hall–Kier alpha value is -2.91. The van der Waals surface area contributed by atoms with Crippen molar-refractivity contribution in [2.24, 2.45) is 5.92 Å². The maximum atomic E-state index is 13.2. The second-order valence-corrected chi connectivity index (χ2v) is 11.0. The molecule has 0 saturated carbocycles. The van der Waals surface area contributed by atoms with Crippen LogP contribution >= 0.6 is 0 Å². The Morgan fingerprint density at radius 3 is 2.47 bits per heavy atom. The Labute approximate surface area is 201 Å². The lowest BCUT2D eigenvalue weighted by atomic mass is 9.97. The number of rotatable bonds is 6. The van der Waals surface area contributed by atoms with Gasteiger partial charge in [0, 0.05) is 44.0 Å². The predicted molar refractivity (Wildman–Crippen MR) is 131 cm³/mol. The van der Waals surface area contributed by atoms with Crippen molar-refractivity contribution < 1.29 is 18.0 Å². The number of nitrogens with zero attached hydrogens (tertiary/aromatic N) is 2. The van der Waals surface area contributed by atoms with E-state index in [-0.39, 0.29) is 22.8 Å². The minimum atomic E-state index is -3.57. The van der Waals surface area contributed by atoms with Crippen LogP contribution in [0.25, 0.3) is 0 Å². The molecule has 3 amide bonds. The van der Waals surface area contributed by atoms with Gasteiger partial charge in [-0.1, -0.05) is 23.8 Å². The predicted octanol–water partition coefficient (Wildman–Crippen LogP) is 3.45. The number of benzene rings is 2. The van der Waals surface area contributed by atoms with Crippen LogP contribution in [0, 0.1) is 12.8 Å². The molecule has 2 aromatic rings. The van der Waals surface area contributed by atoms with Gasteiger partial charge in [-0.05, 0) is 68.9 Å². The van der Waals surface area contributed by atoms with Crippen LogP contribution in [0.3, 0.4) is 0 Å². The van der Waals surface area contributed by atoms with Crippen molar-refractivity contribution in [1.82, 2.24) is 14.5 Å². The summed E-state index contributed by atoms with van der Waals surface area (Å²) in [6.45, 7) is 4.64. The summed E-state index contributed by atoms with van der Waals surface area (Å²) in [5.41, 5.74) is 2.23. The highest BCUT2D eigenvalue weighted by atomic mass is 32.2. The molecule has 1 unspecified atom stereocenters. The number of amides is 3. The Balaban J connectivity index is 1.34. The zero-order valence-electron chi connectivity index (χ0n) is 19.5. The van der Waals surface area contributed by atoms with Crippen LogP contribution in [-0.4, -0.2) is 62.3 Å². The summed E-state index contributed by atoms with van der Waals surface area (Å²) in [5.74, 6) is -0.0368. The highest BCUT2D eigenvalue weighted by Gasteiger charge is 2.29. The number of nitrogens with one attached hydrogen (secondary N) is 2. The zero-order chi connectivity index (χ0) is 24.1. The molecule has 0 spiro atoms. The first-order valence-corrected chi connectivity index (χ1v) is 13.3. The SMILES string of the molecule is Cc1ccc(NC(=O)NCC2CCCN(C(=O)c3cccc(S(=O)(=O)N4CCCC4)c3)C2)cc1. The number of carbonyl (C=O) groups excluding carboxylic acids is 2. The summed E-state index contributed by atoms with van der Waals surface area (Å²) in [4.78, 5) is 27.4. The van der Waals surface area contributed by atoms with Crippen molar-refractivity contribution in [2.75, 3.05) is 38.0 Å². The zero-order valence-corrected chi connectivity index (χ0v) is 20.3. The summed E-state index contributed by atoms with van der Waals surface area (Å²) in [6.07, 6.45) is 3.48. The minimum absolute atomic E-state index is 0.137. The largest absolute Gasteiger partial charge is 0.338 e. The smallest absolute Gasteiger partial charge is 0.319 e. The van der Waals surface area contributed by atoms with Gasteiger partial charge in [0.25, 0.3) is 5.91 Å². The average molecular weight is 485 g/mol. The van der Waals surface area contributed by atoms with E-state index in [0.717, 1.165) is 36.9 Å². The van der Waals surface area contributed by atoms with Crippen LogP contribution < -0.4 is 10.6 Å². The highest BCUT2D eigenvalue weighted by molar-refractivity contribution is 7.89. The Morgan fingerprint density at radius 1 is 1.00 bits per heavy atom. The van der Waals surface area contributed by atoms with Gasteiger partial charge in [0.1, 0.15) is 0 Å². The first-order valence-electron chi connectivity index (χ1n) is 11.8. The first kappa shape index (κ1) is 24.2. The highest BCUT2D eigenvalue weighted by Crippen LogP contribution is 2.23. The van der Waals surface area contributed by atoms with Gasteiger partial charge in [0.2, 0.25) is 10.0 Å². The van der Waals surface area contributed by atoms with E-state index in [1.165, 1.54) is 10.4 Å². The summed E-state index contributed by atoms with van der Waals surface area (Å²) in [7, 11) is -3.57. The van der Waals surface area contributed by atoms with Crippen LogP contribution in [0.15, 0.2) is 53.4 Å². The number of piperidine rings is 1. The average Bonchev–Trinajstić information content (AvgIpc) is 3.40. The molecule has 9 heteroatoms. The first-order chi connectivity index (χ1) is 16.3. The van der Waals surface area contributed by atoms with Gasteiger partial charge in [0.05, 0.1) is 4.90 Å². The van der Waals surface area contributed by atoms with Crippen LogP contribution in [-0.2, 0) is 10.0 Å². The van der Waals surface area contributed by atoms with Crippen LogP contribution in [0.2, 0.25) is 0 Å². The molecule has 0 radical (unpaired) electrons. The van der Waals surface area contributed by atoms with Crippen molar-refractivity contribution in [2.45, 2.75) is 37.5 Å². The molecular formula is C25H32N4O4S. The second kappa shape index (κ2) is 10.6. The fourth-order valence-corrected chi connectivity index (χ4v) is 6.08. The number of hydrogen-bond donors (Lipinski definition) is 2. The molecule has 1 atom stereocenters. The van der Waals surface area contributed by atoms with Crippen molar-refractivity contribution >= 4 is 27.6 Å². The normalized spacial score (nSPS) is 19.1. The summed E-state index contributed by atoms with van der Waals surface area (Å²) >= 11 is 0. The third-order valence-corrected chi connectivity index (χ3v) is 8.35. The van der Waals surface area contributed by atoms with E-state index in [2.05, 4.69) is 10.6 Å². The fraction of sp³-hybridized carbons (Fsp3) is 0.440. The molecule has 4 rings (SSSR count). The monoisotopic (exact) mass is 484 g/mol. The molecule has 2 aliphatic rings. The molecule has 182 valence electrons. The lowest BCUT2D eigenvalue weighted by Gasteiger charge is -2.33. The number of anilines is 1. The van der Waals surface area contributed by atoms with E-state index in [1.54, 1.807) is 23.1 Å². The molecular weight excluding hydrogens is 452 g/mol. The number of hydrogen-bond acceptors (Lipinski definition) is 4. The van der Waals surface area contributed by atoms with E-state index in [0.29, 0.717) is 38.3 Å². The summed E-state index contributed by atoms with van der Waals surface area (Å²) in [5, 5.41) is 5.72. The number of urea groups is 1. The molecule has 2 heterocycles. The van der Waals surface area contributed by atoms with Crippen molar-refractivity contribution in [3.8, 4) is 0 Å². The maximum absolute atomic E-state index is 13.2. The van der Waals surface area contributed by atoms with E-state index >= 15 is 0 Å². The van der Waals surface area contributed by atoms with Crippen molar-refractivity contribution in [3.05, 3.63) is 59.7 Å². The number of aryl methyl sites for hydroxylation is 1. The van der Waals surface area contributed by atoms with Crippen LogP contribution in [0.1, 0.15) is 41.6 Å². The molecule has 2 N–H and O–H groups in total. The molecule has 2 aromatic carbocycles. The van der Waals surface area contributed by atoms with Gasteiger partial charge in [-0.15, -0.1) is 0 Å². The molecule has 8 nitrogen and oxygen atoms in total. The quantitative estimate of drug-likeness (QED) is 0.656. The number of carbonyl (C=O) groups is 2. The topological polar surface area (TPSA) is 98.8 Å². The van der Waals surface area contributed by atoms with E-state index in [9.17, 15) is 18.0 Å². The van der Waals surface area contributed by atoms with E-state index < -0.39 is 10.0 Å². The molecule has 2 fully saturated rings. The number of likely N-dealkylation sites (tertiary alicyclic amines) is 1. The maximum Gasteiger partial charge on any atom is 0.319 e. The third-order valence-electron chi connectivity index (χ3n) is 6.45. The van der Waals surface area contributed by atoms with Crippen molar-refractivity contribution in [3.63, 3.8) is 0 Å².